The van der Waals surface area contributed by atoms with Gasteiger partial charge in [-0.25, -0.2) is 0 Å². The van der Waals surface area contributed by atoms with Gasteiger partial charge >= 0.3 is 0 Å². The van der Waals surface area contributed by atoms with Crippen LogP contribution in [0.3, 0.4) is 0 Å². The molecule has 0 aromatic heterocycles. The van der Waals surface area contributed by atoms with Crippen LogP contribution in [-0.2, 0) is 6.54 Å². The molecular weight excluding hydrogens is 330 g/mol. The van der Waals surface area contributed by atoms with Crippen molar-refractivity contribution in [2.45, 2.75) is 16.3 Å². The largest absolute Gasteiger partial charge is 0.316 e. The summed E-state index contributed by atoms with van der Waals surface area (Å²) in [5.41, 5.74) is 1.25. The fourth-order valence-corrected chi connectivity index (χ4v) is 3.38. The summed E-state index contributed by atoms with van der Waals surface area (Å²) in [6, 6.07) is 14.2. The lowest BCUT2D eigenvalue weighted by Gasteiger charge is -2.07. The first kappa shape index (κ1) is 13.9. The van der Waals surface area contributed by atoms with Crippen molar-refractivity contribution in [1.29, 1.82) is 0 Å². The van der Waals surface area contributed by atoms with E-state index >= 15 is 0 Å². The molecule has 0 aliphatic heterocycles. The van der Waals surface area contributed by atoms with Gasteiger partial charge < -0.3 is 5.32 Å². The molecule has 0 radical (unpaired) electrons. The van der Waals surface area contributed by atoms with Crippen LogP contribution in [0.15, 0.2) is 56.7 Å². The van der Waals surface area contributed by atoms with E-state index in [4.69, 9.17) is 11.6 Å². The summed E-state index contributed by atoms with van der Waals surface area (Å²) in [6.45, 7) is 0.859. The van der Waals surface area contributed by atoms with Crippen molar-refractivity contribution in [1.82, 2.24) is 5.32 Å². The number of hydrogen-bond acceptors (Lipinski definition) is 2. The number of halogens is 2. The smallest absolute Gasteiger partial charge is 0.0545 e. The topological polar surface area (TPSA) is 12.0 Å². The molecule has 0 saturated carbocycles. The predicted molar refractivity (Wildman–Crippen MR) is 82.5 cm³/mol. The molecule has 18 heavy (non-hydrogen) atoms. The number of nitrogens with one attached hydrogen (secondary N) is 1. The van der Waals surface area contributed by atoms with E-state index in [1.807, 2.05) is 31.3 Å². The van der Waals surface area contributed by atoms with Gasteiger partial charge in [0.2, 0.25) is 0 Å². The fraction of sp³-hybridized carbons (Fsp3) is 0.143. The molecule has 0 unspecified atom stereocenters. The zero-order chi connectivity index (χ0) is 13.0. The van der Waals surface area contributed by atoms with Crippen LogP contribution in [0.1, 0.15) is 5.56 Å². The van der Waals surface area contributed by atoms with Gasteiger partial charge in [-0.3, -0.25) is 0 Å². The zero-order valence-electron chi connectivity index (χ0n) is 9.91. The first-order valence-electron chi connectivity index (χ1n) is 5.56. The number of hydrogen-bond donors (Lipinski definition) is 1. The maximum Gasteiger partial charge on any atom is 0.0545 e. The Morgan fingerprint density at radius 1 is 1.22 bits per heavy atom. The summed E-state index contributed by atoms with van der Waals surface area (Å²) in [7, 11) is 1.94. The lowest BCUT2D eigenvalue weighted by Crippen LogP contribution is -2.05. The van der Waals surface area contributed by atoms with E-state index in [1.165, 1.54) is 10.5 Å². The fourth-order valence-electron chi connectivity index (χ4n) is 1.58. The third kappa shape index (κ3) is 3.51. The summed E-state index contributed by atoms with van der Waals surface area (Å²) in [5, 5.41) is 3.93. The molecule has 94 valence electrons. The summed E-state index contributed by atoms with van der Waals surface area (Å²) in [5.74, 6) is 0. The normalized spacial score (nSPS) is 10.6. The van der Waals surface area contributed by atoms with Crippen molar-refractivity contribution in [3.63, 3.8) is 0 Å². The van der Waals surface area contributed by atoms with Crippen molar-refractivity contribution < 1.29 is 0 Å². The summed E-state index contributed by atoms with van der Waals surface area (Å²) < 4.78 is 1.12. The Kier molecular flexibility index (Phi) is 5.13. The van der Waals surface area contributed by atoms with Gasteiger partial charge in [0.1, 0.15) is 0 Å². The van der Waals surface area contributed by atoms with Gasteiger partial charge in [0.05, 0.1) is 5.02 Å². The minimum absolute atomic E-state index is 0.790. The van der Waals surface area contributed by atoms with Crippen LogP contribution in [0.25, 0.3) is 0 Å². The Balaban J connectivity index is 2.20. The molecule has 0 saturated heterocycles. The van der Waals surface area contributed by atoms with Gasteiger partial charge in [-0.15, -0.1) is 0 Å². The molecule has 0 spiro atoms. The van der Waals surface area contributed by atoms with Gasteiger partial charge in [0, 0.05) is 20.8 Å². The Labute approximate surface area is 125 Å². The lowest BCUT2D eigenvalue weighted by atomic mass is 10.2. The minimum atomic E-state index is 0.790. The van der Waals surface area contributed by atoms with Crippen LogP contribution < -0.4 is 5.32 Å². The van der Waals surface area contributed by atoms with Gasteiger partial charge in [-0.2, -0.15) is 0 Å². The highest BCUT2D eigenvalue weighted by molar-refractivity contribution is 9.10. The van der Waals surface area contributed by atoms with Gasteiger partial charge in [-0.05, 0) is 36.9 Å². The first-order valence-corrected chi connectivity index (χ1v) is 7.55. The van der Waals surface area contributed by atoms with E-state index in [1.54, 1.807) is 11.8 Å². The predicted octanol–water partition coefficient (Wildman–Crippen LogP) is 4.97. The van der Waals surface area contributed by atoms with Crippen LogP contribution in [0.2, 0.25) is 5.02 Å². The Bertz CT molecular complexity index is 545. The second kappa shape index (κ2) is 6.62. The highest BCUT2D eigenvalue weighted by Crippen LogP contribution is 2.34. The standard InChI is InChI=1S/C14H13BrClNS/c1-17-9-10-6-7-11(8-12(10)15)18-14-5-3-2-4-13(14)16/h2-8,17H,9H2,1H3. The molecule has 1 N–H and O–H groups in total. The highest BCUT2D eigenvalue weighted by atomic mass is 79.9. The highest BCUT2D eigenvalue weighted by Gasteiger charge is 2.04. The monoisotopic (exact) mass is 341 g/mol. The van der Waals surface area contributed by atoms with Gasteiger partial charge in [-0.1, -0.05) is 57.5 Å². The maximum atomic E-state index is 6.15. The van der Waals surface area contributed by atoms with E-state index in [2.05, 4.69) is 39.4 Å². The molecule has 2 aromatic rings. The Morgan fingerprint density at radius 2 is 2.00 bits per heavy atom. The molecule has 2 aromatic carbocycles. The summed E-state index contributed by atoms with van der Waals surface area (Å²) in [6.07, 6.45) is 0. The zero-order valence-corrected chi connectivity index (χ0v) is 13.1. The average molecular weight is 343 g/mol. The van der Waals surface area contributed by atoms with E-state index in [9.17, 15) is 0 Å². The molecule has 4 heteroatoms. The van der Waals surface area contributed by atoms with E-state index in [0.717, 1.165) is 20.9 Å². The summed E-state index contributed by atoms with van der Waals surface area (Å²) in [4.78, 5) is 2.25. The maximum absolute atomic E-state index is 6.15. The molecule has 0 aliphatic carbocycles. The molecule has 0 amide bonds. The lowest BCUT2D eigenvalue weighted by molar-refractivity contribution is 0.813. The third-order valence-corrected chi connectivity index (χ3v) is 4.70. The molecule has 0 heterocycles. The number of rotatable bonds is 4. The van der Waals surface area contributed by atoms with Gasteiger partial charge in [0.15, 0.2) is 0 Å². The molecule has 0 bridgehead atoms. The molecule has 1 nitrogen and oxygen atoms in total. The second-order valence-corrected chi connectivity index (χ2v) is 6.19. The van der Waals surface area contributed by atoms with Crippen molar-refractivity contribution in [2.75, 3.05) is 7.05 Å². The Morgan fingerprint density at radius 3 is 2.67 bits per heavy atom. The number of benzene rings is 2. The second-order valence-electron chi connectivity index (χ2n) is 3.82. The van der Waals surface area contributed by atoms with Crippen molar-refractivity contribution in [3.8, 4) is 0 Å². The average Bonchev–Trinajstić information content (AvgIpc) is 2.36. The van der Waals surface area contributed by atoms with Crippen LogP contribution in [-0.4, -0.2) is 7.05 Å². The van der Waals surface area contributed by atoms with Crippen molar-refractivity contribution >= 4 is 39.3 Å². The van der Waals surface area contributed by atoms with Gasteiger partial charge in [0.25, 0.3) is 0 Å². The first-order chi connectivity index (χ1) is 8.70. The van der Waals surface area contributed by atoms with E-state index in [0.29, 0.717) is 0 Å². The molecule has 0 atom stereocenters. The van der Waals surface area contributed by atoms with Crippen molar-refractivity contribution in [2.24, 2.45) is 0 Å². The molecule has 2 rings (SSSR count). The molecule has 0 fully saturated rings. The molecule has 0 aliphatic rings. The molecular formula is C14H13BrClNS. The third-order valence-electron chi connectivity index (χ3n) is 2.46. The Hall–Kier alpha value is -0.480. The van der Waals surface area contributed by atoms with E-state index in [-0.39, 0.29) is 0 Å². The van der Waals surface area contributed by atoms with E-state index < -0.39 is 0 Å². The summed E-state index contributed by atoms with van der Waals surface area (Å²) >= 11 is 11.4. The minimum Gasteiger partial charge on any atom is -0.316 e. The quantitative estimate of drug-likeness (QED) is 0.841. The van der Waals surface area contributed by atoms with Crippen LogP contribution in [0.4, 0.5) is 0 Å². The van der Waals surface area contributed by atoms with Crippen LogP contribution in [0, 0.1) is 0 Å². The SMILES string of the molecule is CNCc1ccc(Sc2ccccc2Cl)cc1Br. The van der Waals surface area contributed by atoms with Crippen molar-refractivity contribution in [3.05, 3.63) is 57.5 Å². The van der Waals surface area contributed by atoms with Crippen LogP contribution in [0.5, 0.6) is 0 Å². The van der Waals surface area contributed by atoms with Crippen LogP contribution >= 0.6 is 39.3 Å².